The molecule has 24 heavy (non-hydrogen) atoms. The van der Waals surface area contributed by atoms with Crippen LogP contribution >= 0.6 is 0 Å². The number of hydrogen-bond donors (Lipinski definition) is 0. The van der Waals surface area contributed by atoms with Crippen molar-refractivity contribution in [2.75, 3.05) is 31.6 Å². The molecule has 2 heterocycles. The number of rotatable bonds is 3. The van der Waals surface area contributed by atoms with Gasteiger partial charge in [-0.05, 0) is 51.7 Å². The molecule has 1 aromatic heterocycles. The van der Waals surface area contributed by atoms with Crippen molar-refractivity contribution in [3.63, 3.8) is 0 Å². The quantitative estimate of drug-likeness (QED) is 0.852. The normalized spacial score (nSPS) is 18.0. The zero-order valence-electron chi connectivity index (χ0n) is 15.0. The average molecular weight is 330 g/mol. The minimum absolute atomic E-state index is 0.281. The molecule has 1 amide bonds. The summed E-state index contributed by atoms with van der Waals surface area (Å²) in [6, 6.07) is 5.76. The third kappa shape index (κ3) is 5.12. The number of nitrogens with zero attached hydrogens (tertiary/aromatic N) is 4. The molecule has 6 heteroatoms. The topological polar surface area (TPSA) is 69.5 Å². The number of ether oxygens (including phenoxy) is 1. The molecule has 1 aromatic rings. The standard InChI is InChI=1S/C18H26N4O2/c1-18(2,3)24-17(23)21(4)12-15-6-5-9-22(13-15)16-8-7-14(10-19)11-20-16/h7-8,11,15H,5-6,9,12-13H2,1-4H3. The lowest BCUT2D eigenvalue weighted by Gasteiger charge is -2.35. The summed E-state index contributed by atoms with van der Waals surface area (Å²) in [6.07, 6.45) is 3.47. The van der Waals surface area contributed by atoms with Crippen LogP contribution in [0, 0.1) is 17.2 Å². The van der Waals surface area contributed by atoms with E-state index in [9.17, 15) is 4.79 Å². The van der Waals surface area contributed by atoms with E-state index in [1.807, 2.05) is 26.8 Å². The van der Waals surface area contributed by atoms with Crippen LogP contribution < -0.4 is 4.90 Å². The van der Waals surface area contributed by atoms with Gasteiger partial charge in [0, 0.05) is 32.9 Å². The predicted octanol–water partition coefficient (Wildman–Crippen LogP) is 3.04. The maximum Gasteiger partial charge on any atom is 0.410 e. The van der Waals surface area contributed by atoms with Crippen molar-refractivity contribution in [2.45, 2.75) is 39.2 Å². The fourth-order valence-electron chi connectivity index (χ4n) is 2.86. The molecule has 1 saturated heterocycles. The van der Waals surface area contributed by atoms with Crippen LogP contribution in [0.4, 0.5) is 10.6 Å². The van der Waals surface area contributed by atoms with Gasteiger partial charge in [0.05, 0.1) is 5.56 Å². The minimum Gasteiger partial charge on any atom is -0.444 e. The van der Waals surface area contributed by atoms with Gasteiger partial charge in [0.2, 0.25) is 0 Å². The Labute approximate surface area is 144 Å². The van der Waals surface area contributed by atoms with Gasteiger partial charge in [0.15, 0.2) is 0 Å². The van der Waals surface area contributed by atoms with Crippen LogP contribution in [0.15, 0.2) is 18.3 Å². The Bertz CT molecular complexity index is 601. The molecule has 130 valence electrons. The minimum atomic E-state index is -0.476. The summed E-state index contributed by atoms with van der Waals surface area (Å²) in [5.41, 5.74) is 0.0908. The maximum atomic E-state index is 12.1. The van der Waals surface area contributed by atoms with Gasteiger partial charge in [-0.1, -0.05) is 0 Å². The predicted molar refractivity (Wildman–Crippen MR) is 92.8 cm³/mol. The van der Waals surface area contributed by atoms with Crippen molar-refractivity contribution < 1.29 is 9.53 Å². The van der Waals surface area contributed by atoms with E-state index < -0.39 is 5.60 Å². The second-order valence-electron chi connectivity index (χ2n) is 7.33. The highest BCUT2D eigenvalue weighted by atomic mass is 16.6. The first-order valence-corrected chi connectivity index (χ1v) is 8.33. The Morgan fingerprint density at radius 2 is 2.25 bits per heavy atom. The first-order chi connectivity index (χ1) is 11.3. The van der Waals surface area contributed by atoms with Gasteiger partial charge in [-0.25, -0.2) is 9.78 Å². The Morgan fingerprint density at radius 1 is 1.50 bits per heavy atom. The summed E-state index contributed by atoms with van der Waals surface area (Å²) < 4.78 is 5.41. The van der Waals surface area contributed by atoms with E-state index in [-0.39, 0.29) is 6.09 Å². The first-order valence-electron chi connectivity index (χ1n) is 8.33. The molecule has 0 aromatic carbocycles. The Morgan fingerprint density at radius 3 is 2.83 bits per heavy atom. The largest absolute Gasteiger partial charge is 0.444 e. The summed E-state index contributed by atoms with van der Waals surface area (Å²) in [6.45, 7) is 8.09. The van der Waals surface area contributed by atoms with Crippen LogP contribution in [0.3, 0.4) is 0 Å². The van der Waals surface area contributed by atoms with E-state index in [0.29, 0.717) is 18.0 Å². The van der Waals surface area contributed by atoms with E-state index in [1.165, 1.54) is 0 Å². The van der Waals surface area contributed by atoms with Crippen molar-refractivity contribution in [3.8, 4) is 6.07 Å². The smallest absolute Gasteiger partial charge is 0.410 e. The molecule has 6 nitrogen and oxygen atoms in total. The van der Waals surface area contributed by atoms with E-state index in [1.54, 1.807) is 24.2 Å². The molecule has 0 aliphatic carbocycles. The maximum absolute atomic E-state index is 12.1. The Hall–Kier alpha value is -2.29. The van der Waals surface area contributed by atoms with Crippen molar-refractivity contribution in [2.24, 2.45) is 5.92 Å². The van der Waals surface area contributed by atoms with Gasteiger partial charge in [0.1, 0.15) is 17.5 Å². The SMILES string of the molecule is CN(CC1CCCN(c2ccc(C#N)cn2)C1)C(=O)OC(C)(C)C. The molecule has 1 fully saturated rings. The van der Waals surface area contributed by atoms with Crippen LogP contribution in [-0.2, 0) is 4.74 Å². The zero-order chi connectivity index (χ0) is 17.7. The second-order valence-corrected chi connectivity index (χ2v) is 7.33. The number of carbonyl (C=O) groups excluding carboxylic acids is 1. The number of piperidine rings is 1. The van der Waals surface area contributed by atoms with E-state index in [4.69, 9.17) is 10.00 Å². The third-order valence-corrected chi connectivity index (χ3v) is 3.96. The molecule has 2 rings (SSSR count). The molecule has 0 saturated carbocycles. The fraction of sp³-hybridized carbons (Fsp3) is 0.611. The average Bonchev–Trinajstić information content (AvgIpc) is 2.53. The molecule has 0 radical (unpaired) electrons. The third-order valence-electron chi connectivity index (χ3n) is 3.96. The number of amides is 1. The highest BCUT2D eigenvalue weighted by Crippen LogP contribution is 2.22. The molecule has 1 aliphatic rings. The Balaban J connectivity index is 1.92. The van der Waals surface area contributed by atoms with E-state index >= 15 is 0 Å². The van der Waals surface area contributed by atoms with Gasteiger partial charge in [-0.2, -0.15) is 5.26 Å². The monoisotopic (exact) mass is 330 g/mol. The van der Waals surface area contributed by atoms with Gasteiger partial charge < -0.3 is 14.5 Å². The molecule has 0 bridgehead atoms. The molecular formula is C18H26N4O2. The van der Waals surface area contributed by atoms with Crippen molar-refractivity contribution in [1.29, 1.82) is 5.26 Å². The van der Waals surface area contributed by atoms with Gasteiger partial charge in [-0.3, -0.25) is 0 Å². The number of pyridine rings is 1. The lowest BCUT2D eigenvalue weighted by molar-refractivity contribution is 0.0269. The van der Waals surface area contributed by atoms with Gasteiger partial charge >= 0.3 is 6.09 Å². The van der Waals surface area contributed by atoms with Gasteiger partial charge in [0.25, 0.3) is 0 Å². The Kier molecular flexibility index (Phi) is 5.66. The van der Waals surface area contributed by atoms with Crippen LogP contribution in [0.1, 0.15) is 39.2 Å². The number of nitriles is 1. The highest BCUT2D eigenvalue weighted by molar-refractivity contribution is 5.67. The molecule has 1 unspecified atom stereocenters. The van der Waals surface area contributed by atoms with Crippen LogP contribution in [-0.4, -0.2) is 48.3 Å². The zero-order valence-corrected chi connectivity index (χ0v) is 15.0. The van der Waals surface area contributed by atoms with Crippen molar-refractivity contribution in [3.05, 3.63) is 23.9 Å². The van der Waals surface area contributed by atoms with Crippen LogP contribution in [0.5, 0.6) is 0 Å². The van der Waals surface area contributed by atoms with Crippen molar-refractivity contribution in [1.82, 2.24) is 9.88 Å². The second kappa shape index (κ2) is 7.52. The summed E-state index contributed by atoms with van der Waals surface area (Å²) in [5, 5.41) is 8.86. The summed E-state index contributed by atoms with van der Waals surface area (Å²) in [5.74, 6) is 1.27. The first kappa shape index (κ1) is 18.1. The lowest BCUT2D eigenvalue weighted by Crippen LogP contribution is -2.43. The molecule has 0 N–H and O–H groups in total. The van der Waals surface area contributed by atoms with Crippen molar-refractivity contribution >= 4 is 11.9 Å². The number of aromatic nitrogens is 1. The number of hydrogen-bond acceptors (Lipinski definition) is 5. The molecule has 1 aliphatic heterocycles. The molecule has 0 spiro atoms. The van der Waals surface area contributed by atoms with E-state index in [2.05, 4.69) is 16.0 Å². The summed E-state index contributed by atoms with van der Waals surface area (Å²) in [7, 11) is 1.78. The number of anilines is 1. The highest BCUT2D eigenvalue weighted by Gasteiger charge is 2.25. The summed E-state index contributed by atoms with van der Waals surface area (Å²) >= 11 is 0. The molecule has 1 atom stereocenters. The summed E-state index contributed by atoms with van der Waals surface area (Å²) in [4.78, 5) is 20.3. The number of carbonyl (C=O) groups is 1. The van der Waals surface area contributed by atoms with Crippen LogP contribution in [0.25, 0.3) is 0 Å². The van der Waals surface area contributed by atoms with Crippen LogP contribution in [0.2, 0.25) is 0 Å². The van der Waals surface area contributed by atoms with Gasteiger partial charge in [-0.15, -0.1) is 0 Å². The lowest BCUT2D eigenvalue weighted by atomic mass is 9.97. The molecular weight excluding hydrogens is 304 g/mol. The fourth-order valence-corrected chi connectivity index (χ4v) is 2.86. The van der Waals surface area contributed by atoms with E-state index in [0.717, 1.165) is 31.7 Å².